The molecule has 0 radical (unpaired) electrons. The maximum absolute atomic E-state index is 11.7. The van der Waals surface area contributed by atoms with E-state index in [1.165, 1.54) is 12.5 Å². The van der Waals surface area contributed by atoms with Crippen LogP contribution in [0, 0.1) is 0 Å². The second-order valence-electron chi connectivity index (χ2n) is 3.94. The Morgan fingerprint density at radius 2 is 2.29 bits per heavy atom. The Labute approximate surface area is 83.0 Å². The SMILES string of the molecule is CC1(NS(=O)(=O)c2cnc[nH]2)CCC1. The Kier molecular flexibility index (Phi) is 2.11. The molecule has 1 saturated carbocycles. The van der Waals surface area contributed by atoms with Crippen molar-refractivity contribution in [1.29, 1.82) is 0 Å². The van der Waals surface area contributed by atoms with Crippen molar-refractivity contribution in [2.24, 2.45) is 0 Å². The number of H-pyrrole nitrogens is 1. The number of aromatic amines is 1. The molecular formula is C8H13N3O2S. The third kappa shape index (κ3) is 1.67. The molecule has 0 saturated heterocycles. The molecule has 1 aromatic heterocycles. The Morgan fingerprint density at radius 3 is 2.71 bits per heavy atom. The fraction of sp³-hybridized carbons (Fsp3) is 0.625. The molecule has 78 valence electrons. The smallest absolute Gasteiger partial charge is 0.258 e. The molecule has 1 aromatic rings. The highest BCUT2D eigenvalue weighted by molar-refractivity contribution is 7.89. The number of sulfonamides is 1. The van der Waals surface area contributed by atoms with E-state index in [1.54, 1.807) is 0 Å². The molecule has 0 aliphatic heterocycles. The van der Waals surface area contributed by atoms with Gasteiger partial charge in [-0.2, -0.15) is 0 Å². The van der Waals surface area contributed by atoms with E-state index in [0.29, 0.717) is 0 Å². The van der Waals surface area contributed by atoms with Crippen molar-refractivity contribution in [3.8, 4) is 0 Å². The van der Waals surface area contributed by atoms with Gasteiger partial charge in [0, 0.05) is 5.54 Å². The number of hydrogen-bond acceptors (Lipinski definition) is 3. The zero-order valence-corrected chi connectivity index (χ0v) is 8.76. The molecule has 0 spiro atoms. The summed E-state index contributed by atoms with van der Waals surface area (Å²) in [6, 6.07) is 0. The largest absolute Gasteiger partial charge is 0.335 e. The summed E-state index contributed by atoms with van der Waals surface area (Å²) in [5.41, 5.74) is -0.260. The Bertz CT molecular complexity index is 406. The normalized spacial score (nSPS) is 20.4. The van der Waals surface area contributed by atoms with Crippen molar-refractivity contribution < 1.29 is 8.42 Å². The summed E-state index contributed by atoms with van der Waals surface area (Å²) in [7, 11) is -3.40. The van der Waals surface area contributed by atoms with Crippen LogP contribution in [0.3, 0.4) is 0 Å². The van der Waals surface area contributed by atoms with Gasteiger partial charge < -0.3 is 4.98 Å². The Balaban J connectivity index is 2.18. The van der Waals surface area contributed by atoms with Crippen molar-refractivity contribution in [3.05, 3.63) is 12.5 Å². The number of nitrogens with one attached hydrogen (secondary N) is 2. The van der Waals surface area contributed by atoms with Gasteiger partial charge in [0.15, 0.2) is 5.03 Å². The molecule has 1 fully saturated rings. The van der Waals surface area contributed by atoms with Gasteiger partial charge in [-0.05, 0) is 26.2 Å². The zero-order valence-electron chi connectivity index (χ0n) is 7.95. The summed E-state index contributed by atoms with van der Waals surface area (Å²) in [4.78, 5) is 6.27. The maximum atomic E-state index is 11.7. The minimum Gasteiger partial charge on any atom is -0.335 e. The lowest BCUT2D eigenvalue weighted by Gasteiger charge is -2.38. The summed E-state index contributed by atoms with van der Waals surface area (Å²) < 4.78 is 26.1. The highest BCUT2D eigenvalue weighted by atomic mass is 32.2. The topological polar surface area (TPSA) is 74.8 Å². The molecule has 2 N–H and O–H groups in total. The minimum absolute atomic E-state index is 0.130. The second-order valence-corrected chi connectivity index (χ2v) is 5.59. The van der Waals surface area contributed by atoms with E-state index in [0.717, 1.165) is 19.3 Å². The first kappa shape index (κ1) is 9.67. The molecule has 0 aromatic carbocycles. The fourth-order valence-electron chi connectivity index (χ4n) is 1.58. The van der Waals surface area contributed by atoms with Gasteiger partial charge >= 0.3 is 0 Å². The van der Waals surface area contributed by atoms with Crippen LogP contribution in [0.25, 0.3) is 0 Å². The van der Waals surface area contributed by atoms with Crippen LogP contribution in [0.5, 0.6) is 0 Å². The van der Waals surface area contributed by atoms with E-state index in [2.05, 4.69) is 14.7 Å². The van der Waals surface area contributed by atoms with Crippen LogP contribution < -0.4 is 4.72 Å². The standard InChI is InChI=1S/C8H13N3O2S/c1-8(3-2-4-8)11-14(12,13)7-5-9-6-10-7/h5-6,11H,2-4H2,1H3,(H,9,10). The van der Waals surface area contributed by atoms with Gasteiger partial charge in [-0.25, -0.2) is 18.1 Å². The van der Waals surface area contributed by atoms with Gasteiger partial charge in [0.2, 0.25) is 0 Å². The quantitative estimate of drug-likeness (QED) is 0.776. The summed E-state index contributed by atoms with van der Waals surface area (Å²) in [6.07, 6.45) is 5.56. The molecule has 5 nitrogen and oxygen atoms in total. The number of rotatable bonds is 3. The predicted octanol–water partition coefficient (Wildman–Crippen LogP) is 0.631. The molecular weight excluding hydrogens is 202 g/mol. The van der Waals surface area contributed by atoms with Gasteiger partial charge in [0.25, 0.3) is 10.0 Å². The van der Waals surface area contributed by atoms with Crippen molar-refractivity contribution in [3.63, 3.8) is 0 Å². The Hall–Kier alpha value is -0.880. The van der Waals surface area contributed by atoms with Crippen molar-refractivity contribution in [1.82, 2.24) is 14.7 Å². The van der Waals surface area contributed by atoms with E-state index in [4.69, 9.17) is 0 Å². The molecule has 14 heavy (non-hydrogen) atoms. The molecule has 1 aliphatic carbocycles. The number of imidazole rings is 1. The van der Waals surface area contributed by atoms with Gasteiger partial charge in [0.1, 0.15) is 0 Å². The molecule has 0 amide bonds. The minimum atomic E-state index is -3.40. The summed E-state index contributed by atoms with van der Waals surface area (Å²) in [5, 5.41) is 0.130. The maximum Gasteiger partial charge on any atom is 0.258 e. The average Bonchev–Trinajstić information content (AvgIpc) is 2.52. The van der Waals surface area contributed by atoms with Crippen LogP contribution in [-0.4, -0.2) is 23.9 Å². The van der Waals surface area contributed by atoms with Crippen molar-refractivity contribution in [2.45, 2.75) is 36.8 Å². The first-order chi connectivity index (χ1) is 6.52. The van der Waals surface area contributed by atoms with Crippen LogP contribution in [0.1, 0.15) is 26.2 Å². The van der Waals surface area contributed by atoms with Crippen LogP contribution in [0.2, 0.25) is 0 Å². The van der Waals surface area contributed by atoms with Gasteiger partial charge in [-0.3, -0.25) is 0 Å². The summed E-state index contributed by atoms with van der Waals surface area (Å²) in [5.74, 6) is 0. The highest BCUT2D eigenvalue weighted by Crippen LogP contribution is 2.32. The third-order valence-corrected chi connectivity index (χ3v) is 4.16. The monoisotopic (exact) mass is 215 g/mol. The number of aromatic nitrogens is 2. The van der Waals surface area contributed by atoms with E-state index < -0.39 is 10.0 Å². The first-order valence-corrected chi connectivity index (χ1v) is 6.03. The molecule has 0 bridgehead atoms. The van der Waals surface area contributed by atoms with Gasteiger partial charge in [-0.15, -0.1) is 0 Å². The summed E-state index contributed by atoms with van der Waals surface area (Å²) >= 11 is 0. The fourth-order valence-corrected chi connectivity index (χ4v) is 2.95. The molecule has 2 rings (SSSR count). The Morgan fingerprint density at radius 1 is 1.57 bits per heavy atom. The van der Waals surface area contributed by atoms with E-state index >= 15 is 0 Å². The zero-order chi connectivity index (χ0) is 10.2. The number of hydrogen-bond donors (Lipinski definition) is 2. The molecule has 0 atom stereocenters. The van der Waals surface area contributed by atoms with Gasteiger partial charge in [-0.1, -0.05) is 0 Å². The van der Waals surface area contributed by atoms with E-state index in [1.807, 2.05) is 6.92 Å². The lowest BCUT2D eigenvalue weighted by molar-refractivity contribution is 0.247. The van der Waals surface area contributed by atoms with Crippen LogP contribution >= 0.6 is 0 Å². The third-order valence-electron chi connectivity index (χ3n) is 2.60. The van der Waals surface area contributed by atoms with Gasteiger partial charge in [0.05, 0.1) is 12.5 Å². The summed E-state index contributed by atoms with van der Waals surface area (Å²) in [6.45, 7) is 1.92. The molecule has 1 heterocycles. The van der Waals surface area contributed by atoms with Crippen LogP contribution in [0.15, 0.2) is 17.6 Å². The molecule has 6 heteroatoms. The second kappa shape index (κ2) is 3.06. The first-order valence-electron chi connectivity index (χ1n) is 4.54. The van der Waals surface area contributed by atoms with Crippen molar-refractivity contribution in [2.75, 3.05) is 0 Å². The predicted molar refractivity (Wildman–Crippen MR) is 51.2 cm³/mol. The average molecular weight is 215 g/mol. The van der Waals surface area contributed by atoms with Crippen LogP contribution in [0.4, 0.5) is 0 Å². The van der Waals surface area contributed by atoms with Crippen molar-refractivity contribution >= 4 is 10.0 Å². The highest BCUT2D eigenvalue weighted by Gasteiger charge is 2.36. The van der Waals surface area contributed by atoms with Crippen LogP contribution in [-0.2, 0) is 10.0 Å². The lowest BCUT2D eigenvalue weighted by atomic mass is 9.80. The number of nitrogens with zero attached hydrogens (tertiary/aromatic N) is 1. The molecule has 0 unspecified atom stereocenters. The van der Waals surface area contributed by atoms with E-state index in [-0.39, 0.29) is 10.6 Å². The molecule has 1 aliphatic rings. The van der Waals surface area contributed by atoms with E-state index in [9.17, 15) is 8.42 Å². The lowest BCUT2D eigenvalue weighted by Crippen LogP contribution is -2.50.